The van der Waals surface area contributed by atoms with Gasteiger partial charge in [0.25, 0.3) is 0 Å². The Balaban J connectivity index is 1.79. The Morgan fingerprint density at radius 1 is 1.12 bits per heavy atom. The van der Waals surface area contributed by atoms with Gasteiger partial charge in [0.05, 0.1) is 18.7 Å². The van der Waals surface area contributed by atoms with E-state index in [-0.39, 0.29) is 0 Å². The average molecular weight is 320 g/mol. The van der Waals surface area contributed by atoms with Crippen LogP contribution in [0, 0.1) is 11.3 Å². The number of hydrogen-bond donors (Lipinski definition) is 1. The molecule has 0 aromatic heterocycles. The monoisotopic (exact) mass is 320 g/mol. The van der Waals surface area contributed by atoms with E-state index < -0.39 is 0 Å². The van der Waals surface area contributed by atoms with E-state index in [4.69, 9.17) is 14.7 Å². The van der Waals surface area contributed by atoms with Gasteiger partial charge in [-0.25, -0.2) is 0 Å². The van der Waals surface area contributed by atoms with Crippen LogP contribution in [0.4, 0.5) is 0 Å². The molecule has 0 aliphatic carbocycles. The van der Waals surface area contributed by atoms with Crippen molar-refractivity contribution in [3.05, 3.63) is 65.2 Å². The summed E-state index contributed by atoms with van der Waals surface area (Å²) in [6.07, 6.45) is 0.975. The smallest absolute Gasteiger partial charge is 0.121 e. The highest BCUT2D eigenvalue weighted by atomic mass is 16.5. The topological polar surface area (TPSA) is 54.3 Å². The molecular formula is C20H20N2O2. The zero-order chi connectivity index (χ0) is 16.8. The van der Waals surface area contributed by atoms with Crippen molar-refractivity contribution in [1.29, 1.82) is 5.26 Å². The molecule has 0 saturated carbocycles. The van der Waals surface area contributed by atoms with Crippen LogP contribution in [0.3, 0.4) is 0 Å². The molecule has 0 unspecified atom stereocenters. The summed E-state index contributed by atoms with van der Waals surface area (Å²) in [5.41, 5.74) is 4.39. The molecular weight excluding hydrogens is 300 g/mol. The maximum Gasteiger partial charge on any atom is 0.121 e. The summed E-state index contributed by atoms with van der Waals surface area (Å²) in [6.45, 7) is 2.30. The molecule has 0 atom stereocenters. The van der Waals surface area contributed by atoms with Crippen LogP contribution in [0.5, 0.6) is 11.5 Å². The van der Waals surface area contributed by atoms with Gasteiger partial charge in [0.1, 0.15) is 18.1 Å². The summed E-state index contributed by atoms with van der Waals surface area (Å²) in [6, 6.07) is 17.6. The summed E-state index contributed by atoms with van der Waals surface area (Å²) in [5, 5.41) is 12.4. The van der Waals surface area contributed by atoms with E-state index >= 15 is 0 Å². The minimum atomic E-state index is 0.517. The molecule has 4 heteroatoms. The van der Waals surface area contributed by atoms with Crippen LogP contribution in [0.1, 0.15) is 17.5 Å². The SMILES string of the molecule is COc1ccc(C2=C(COc3cccc(C#N)c3)CNCC2)cc1. The molecule has 1 N–H and O–H groups in total. The lowest BCUT2D eigenvalue weighted by Crippen LogP contribution is -2.27. The molecule has 1 heterocycles. The van der Waals surface area contributed by atoms with E-state index in [1.165, 1.54) is 16.7 Å². The van der Waals surface area contributed by atoms with Crippen LogP contribution in [0.25, 0.3) is 5.57 Å². The first-order valence-electron chi connectivity index (χ1n) is 7.99. The van der Waals surface area contributed by atoms with Crippen LogP contribution >= 0.6 is 0 Å². The second kappa shape index (κ2) is 7.67. The maximum absolute atomic E-state index is 8.98. The van der Waals surface area contributed by atoms with Crippen LogP contribution in [-0.4, -0.2) is 26.8 Å². The van der Waals surface area contributed by atoms with Crippen molar-refractivity contribution in [2.75, 3.05) is 26.8 Å². The third-order valence-corrected chi connectivity index (χ3v) is 4.13. The molecule has 0 bridgehead atoms. The first-order chi connectivity index (χ1) is 11.8. The molecule has 1 aliphatic heterocycles. The molecule has 4 nitrogen and oxygen atoms in total. The fourth-order valence-corrected chi connectivity index (χ4v) is 2.84. The minimum absolute atomic E-state index is 0.517. The van der Waals surface area contributed by atoms with E-state index in [2.05, 4.69) is 23.5 Å². The zero-order valence-electron chi connectivity index (χ0n) is 13.7. The average Bonchev–Trinajstić information content (AvgIpc) is 2.67. The van der Waals surface area contributed by atoms with E-state index in [0.29, 0.717) is 12.2 Å². The second-order valence-electron chi connectivity index (χ2n) is 5.67. The third-order valence-electron chi connectivity index (χ3n) is 4.13. The summed E-state index contributed by atoms with van der Waals surface area (Å²) in [4.78, 5) is 0. The number of benzene rings is 2. The van der Waals surface area contributed by atoms with Crippen molar-refractivity contribution >= 4 is 5.57 Å². The van der Waals surface area contributed by atoms with E-state index in [1.54, 1.807) is 19.2 Å². The van der Waals surface area contributed by atoms with Crippen molar-refractivity contribution in [3.63, 3.8) is 0 Å². The van der Waals surface area contributed by atoms with Crippen molar-refractivity contribution in [1.82, 2.24) is 5.32 Å². The number of nitriles is 1. The van der Waals surface area contributed by atoms with Gasteiger partial charge in [-0.1, -0.05) is 18.2 Å². The maximum atomic E-state index is 8.98. The van der Waals surface area contributed by atoms with Crippen LogP contribution in [0.2, 0.25) is 0 Å². The first-order valence-corrected chi connectivity index (χ1v) is 7.99. The molecule has 0 fully saturated rings. The zero-order valence-corrected chi connectivity index (χ0v) is 13.7. The van der Waals surface area contributed by atoms with Crippen molar-refractivity contribution in [2.45, 2.75) is 6.42 Å². The van der Waals surface area contributed by atoms with Crippen LogP contribution in [-0.2, 0) is 0 Å². The number of nitrogens with zero attached hydrogens (tertiary/aromatic N) is 1. The largest absolute Gasteiger partial charge is 0.497 e. The van der Waals surface area contributed by atoms with E-state index in [9.17, 15) is 0 Å². The van der Waals surface area contributed by atoms with Crippen LogP contribution < -0.4 is 14.8 Å². The van der Waals surface area contributed by atoms with Crippen LogP contribution in [0.15, 0.2) is 54.1 Å². The summed E-state index contributed by atoms with van der Waals surface area (Å²) < 4.78 is 11.1. The van der Waals surface area contributed by atoms with Gasteiger partial charge < -0.3 is 14.8 Å². The molecule has 0 spiro atoms. The predicted molar refractivity (Wildman–Crippen MR) is 94.1 cm³/mol. The number of ether oxygens (including phenoxy) is 2. The highest BCUT2D eigenvalue weighted by Gasteiger charge is 2.15. The molecule has 1 aliphatic rings. The first kappa shape index (κ1) is 16.1. The van der Waals surface area contributed by atoms with Gasteiger partial charge in [0.15, 0.2) is 0 Å². The Hall–Kier alpha value is -2.77. The second-order valence-corrected chi connectivity index (χ2v) is 5.67. The van der Waals surface area contributed by atoms with Gasteiger partial charge in [0, 0.05) is 6.54 Å². The minimum Gasteiger partial charge on any atom is -0.497 e. The van der Waals surface area contributed by atoms with Gasteiger partial charge >= 0.3 is 0 Å². The van der Waals surface area contributed by atoms with Gasteiger partial charge in [-0.05, 0) is 60.0 Å². The molecule has 122 valence electrons. The van der Waals surface area contributed by atoms with Gasteiger partial charge in [0.2, 0.25) is 0 Å². The summed E-state index contributed by atoms with van der Waals surface area (Å²) in [5.74, 6) is 1.58. The molecule has 0 saturated heterocycles. The Bertz CT molecular complexity index is 773. The molecule has 2 aromatic carbocycles. The standard InChI is InChI=1S/C20H20N2O2/c1-23-18-7-5-16(6-8-18)20-9-10-22-13-17(20)14-24-19-4-2-3-15(11-19)12-21/h2-8,11,22H,9-10,13-14H2,1H3. The molecule has 0 amide bonds. The number of rotatable bonds is 5. The molecule has 0 radical (unpaired) electrons. The Kier molecular flexibility index (Phi) is 5.15. The van der Waals surface area contributed by atoms with Crippen molar-refractivity contribution in [3.8, 4) is 17.6 Å². The van der Waals surface area contributed by atoms with Gasteiger partial charge in [-0.2, -0.15) is 5.26 Å². The predicted octanol–water partition coefficient (Wildman–Crippen LogP) is 3.39. The van der Waals surface area contributed by atoms with Crippen molar-refractivity contribution < 1.29 is 9.47 Å². The summed E-state index contributed by atoms with van der Waals surface area (Å²) >= 11 is 0. The fraction of sp³-hybridized carbons (Fsp3) is 0.250. The fourth-order valence-electron chi connectivity index (χ4n) is 2.84. The Morgan fingerprint density at radius 3 is 2.71 bits per heavy atom. The Morgan fingerprint density at radius 2 is 1.96 bits per heavy atom. The van der Waals surface area contributed by atoms with Crippen molar-refractivity contribution in [2.24, 2.45) is 0 Å². The van der Waals surface area contributed by atoms with Gasteiger partial charge in [-0.3, -0.25) is 0 Å². The molecule has 3 rings (SSSR count). The Labute approximate surface area is 142 Å². The quantitative estimate of drug-likeness (QED) is 0.917. The lowest BCUT2D eigenvalue weighted by atomic mass is 9.94. The van der Waals surface area contributed by atoms with E-state index in [1.807, 2.05) is 24.3 Å². The molecule has 2 aromatic rings. The number of methoxy groups -OCH3 is 1. The highest BCUT2D eigenvalue weighted by Crippen LogP contribution is 2.27. The lowest BCUT2D eigenvalue weighted by molar-refractivity contribution is 0.346. The molecule has 24 heavy (non-hydrogen) atoms. The summed E-state index contributed by atoms with van der Waals surface area (Å²) in [7, 11) is 1.67. The third kappa shape index (κ3) is 3.76. The normalized spacial score (nSPS) is 14.2. The van der Waals surface area contributed by atoms with E-state index in [0.717, 1.165) is 31.0 Å². The van der Waals surface area contributed by atoms with Gasteiger partial charge in [-0.15, -0.1) is 0 Å². The highest BCUT2D eigenvalue weighted by molar-refractivity contribution is 5.70. The number of hydrogen-bond acceptors (Lipinski definition) is 4. The lowest BCUT2D eigenvalue weighted by Gasteiger charge is -2.22. The number of nitrogens with one attached hydrogen (secondary N) is 1.